The van der Waals surface area contributed by atoms with E-state index in [2.05, 4.69) is 20.8 Å². The van der Waals surface area contributed by atoms with E-state index < -0.39 is 8.24 Å². The molecule has 72 valence electrons. The molecule has 0 atom stereocenters. The lowest BCUT2D eigenvalue weighted by atomic mass is 10.9. The van der Waals surface area contributed by atoms with E-state index >= 15 is 0 Å². The van der Waals surface area contributed by atoms with Gasteiger partial charge in [0.2, 0.25) is 0 Å². The number of hydrogen-bond acceptors (Lipinski definition) is 1. The average molecular weight is 186 g/mol. The summed E-state index contributed by atoms with van der Waals surface area (Å²) in [6.45, 7) is 6.81. The summed E-state index contributed by atoms with van der Waals surface area (Å²) in [4.78, 5) is 2.03. The Labute approximate surface area is 77.8 Å². The van der Waals surface area contributed by atoms with Crippen molar-refractivity contribution in [2.75, 3.05) is 14.1 Å². The van der Waals surface area contributed by atoms with Gasteiger partial charge in [0, 0.05) is 14.1 Å². The maximum Gasteiger partial charge on any atom is 0.182 e. The second-order valence-electron chi connectivity index (χ2n) is 3.49. The molecule has 0 unspecified atom stereocenters. The zero-order chi connectivity index (χ0) is 9.61. The zero-order valence-corrected chi connectivity index (χ0v) is 10.1. The van der Waals surface area contributed by atoms with E-state index in [0.29, 0.717) is 0 Å². The van der Waals surface area contributed by atoms with Crippen LogP contribution in [0.5, 0.6) is 0 Å². The third-order valence-electron chi connectivity index (χ3n) is 2.54. The van der Waals surface area contributed by atoms with E-state index in [1.54, 1.807) is 0 Å². The summed E-state index contributed by atoms with van der Waals surface area (Å²) >= 11 is 0. The van der Waals surface area contributed by atoms with E-state index in [4.69, 9.17) is 4.66 Å². The van der Waals surface area contributed by atoms with Gasteiger partial charge in [-0.3, -0.25) is 0 Å². The van der Waals surface area contributed by atoms with Gasteiger partial charge in [0.05, 0.1) is 6.34 Å². The Bertz CT molecular complexity index is 131. The van der Waals surface area contributed by atoms with Gasteiger partial charge in [-0.05, 0) is 18.1 Å². The van der Waals surface area contributed by atoms with Crippen LogP contribution in [0, 0.1) is 0 Å². The van der Waals surface area contributed by atoms with Crippen LogP contribution >= 0.6 is 0 Å². The van der Waals surface area contributed by atoms with E-state index in [0.717, 1.165) is 0 Å². The summed E-state index contributed by atoms with van der Waals surface area (Å²) in [7, 11) is 2.81. The van der Waals surface area contributed by atoms with E-state index in [1.165, 1.54) is 18.1 Å². The fraction of sp³-hybridized carbons (Fsp3) is 0.889. The Balaban J connectivity index is 4.29. The maximum absolute atomic E-state index is 4.75. The van der Waals surface area contributed by atoms with Gasteiger partial charge in [0.15, 0.2) is 8.24 Å². The molecular weight excluding hydrogens is 164 g/mol. The molecule has 0 rings (SSSR count). The van der Waals surface area contributed by atoms with Gasteiger partial charge >= 0.3 is 0 Å². The first-order valence-corrected chi connectivity index (χ1v) is 7.38. The van der Waals surface area contributed by atoms with E-state index in [9.17, 15) is 0 Å². The number of nitrogens with zero attached hydrogens (tertiary/aromatic N) is 2. The van der Waals surface area contributed by atoms with Crippen LogP contribution in [0.1, 0.15) is 20.8 Å². The SMILES string of the molecule is CC[Si](CC)(CC)/N=C/N(C)C. The molecule has 0 radical (unpaired) electrons. The van der Waals surface area contributed by atoms with Crippen LogP contribution in [0.25, 0.3) is 0 Å². The topological polar surface area (TPSA) is 15.6 Å². The lowest BCUT2D eigenvalue weighted by molar-refractivity contribution is 0.643. The molecule has 12 heavy (non-hydrogen) atoms. The summed E-state index contributed by atoms with van der Waals surface area (Å²) in [5.74, 6) is 0. The smallest absolute Gasteiger partial charge is 0.182 e. The summed E-state index contributed by atoms with van der Waals surface area (Å²) < 4.78 is 4.75. The quantitative estimate of drug-likeness (QED) is 0.366. The molecule has 2 nitrogen and oxygen atoms in total. The Hall–Kier alpha value is -0.313. The highest BCUT2D eigenvalue weighted by Gasteiger charge is 2.25. The van der Waals surface area contributed by atoms with Crippen LogP contribution in [-0.2, 0) is 0 Å². The van der Waals surface area contributed by atoms with Crippen molar-refractivity contribution in [2.45, 2.75) is 38.9 Å². The highest BCUT2D eigenvalue weighted by Crippen LogP contribution is 2.20. The Morgan fingerprint density at radius 2 is 1.50 bits per heavy atom. The maximum atomic E-state index is 4.75. The first-order chi connectivity index (χ1) is 5.60. The molecule has 0 aliphatic heterocycles. The monoisotopic (exact) mass is 186 g/mol. The molecule has 0 fully saturated rings. The largest absolute Gasteiger partial charge is 0.370 e. The summed E-state index contributed by atoms with van der Waals surface area (Å²) in [5, 5.41) is 0. The van der Waals surface area contributed by atoms with Crippen LogP contribution in [0.2, 0.25) is 18.1 Å². The molecule has 0 N–H and O–H groups in total. The molecule has 0 aliphatic rings. The number of rotatable bonds is 5. The van der Waals surface area contributed by atoms with Crippen LogP contribution < -0.4 is 0 Å². The summed E-state index contributed by atoms with van der Waals surface area (Å²) in [5.41, 5.74) is 0. The van der Waals surface area contributed by atoms with Crippen molar-refractivity contribution in [3.63, 3.8) is 0 Å². The van der Waals surface area contributed by atoms with Gasteiger partial charge in [0.1, 0.15) is 0 Å². The highest BCUT2D eigenvalue weighted by atomic mass is 28.3. The number of hydrogen-bond donors (Lipinski definition) is 0. The minimum atomic E-state index is -1.25. The lowest BCUT2D eigenvalue weighted by Gasteiger charge is -2.22. The average Bonchev–Trinajstić information content (AvgIpc) is 2.08. The van der Waals surface area contributed by atoms with Crippen LogP contribution in [0.3, 0.4) is 0 Å². The fourth-order valence-electron chi connectivity index (χ4n) is 1.26. The van der Waals surface area contributed by atoms with Gasteiger partial charge in [-0.25, -0.2) is 0 Å². The molecule has 0 aliphatic carbocycles. The highest BCUT2D eigenvalue weighted by molar-refractivity contribution is 6.78. The normalized spacial score (nSPS) is 12.4. The lowest BCUT2D eigenvalue weighted by Crippen LogP contribution is -2.30. The molecular formula is C9H22N2Si. The van der Waals surface area contributed by atoms with Crippen molar-refractivity contribution in [2.24, 2.45) is 4.66 Å². The van der Waals surface area contributed by atoms with Crippen molar-refractivity contribution in [3.8, 4) is 0 Å². The van der Waals surface area contributed by atoms with Crippen molar-refractivity contribution < 1.29 is 0 Å². The molecule has 0 aromatic carbocycles. The standard InChI is InChI=1S/C9H22N2Si/c1-6-12(7-2,8-3)10-9-11(4)5/h9H,6-8H2,1-5H3/b10-9+. The Kier molecular flexibility index (Phi) is 5.21. The van der Waals surface area contributed by atoms with Crippen molar-refractivity contribution in [1.82, 2.24) is 4.90 Å². The van der Waals surface area contributed by atoms with Crippen molar-refractivity contribution in [3.05, 3.63) is 0 Å². The fourth-order valence-corrected chi connectivity index (χ4v) is 3.79. The predicted octanol–water partition coefficient (Wildman–Crippen LogP) is 2.58. The molecule has 0 heterocycles. The third-order valence-corrected chi connectivity index (χ3v) is 7.15. The molecule has 3 heteroatoms. The minimum Gasteiger partial charge on any atom is -0.370 e. The first-order valence-electron chi connectivity index (χ1n) is 4.82. The molecule has 0 aromatic rings. The molecule has 0 spiro atoms. The second kappa shape index (κ2) is 5.35. The molecule has 0 saturated carbocycles. The van der Waals surface area contributed by atoms with Crippen LogP contribution in [-0.4, -0.2) is 33.6 Å². The van der Waals surface area contributed by atoms with Crippen LogP contribution in [0.4, 0.5) is 0 Å². The second-order valence-corrected chi connectivity index (χ2v) is 8.32. The Morgan fingerprint density at radius 3 is 1.75 bits per heavy atom. The van der Waals surface area contributed by atoms with Gasteiger partial charge in [-0.2, -0.15) is 0 Å². The zero-order valence-electron chi connectivity index (χ0n) is 9.09. The summed E-state index contributed by atoms with van der Waals surface area (Å²) in [6.07, 6.45) is 1.99. The summed E-state index contributed by atoms with van der Waals surface area (Å²) in [6, 6.07) is 3.80. The molecule has 0 aromatic heterocycles. The minimum absolute atomic E-state index is 1.25. The van der Waals surface area contributed by atoms with Gasteiger partial charge in [0.25, 0.3) is 0 Å². The Morgan fingerprint density at radius 1 is 1.08 bits per heavy atom. The molecule has 0 bridgehead atoms. The molecule has 0 saturated heterocycles. The predicted molar refractivity (Wildman–Crippen MR) is 59.4 cm³/mol. The van der Waals surface area contributed by atoms with Gasteiger partial charge in [-0.15, -0.1) is 0 Å². The van der Waals surface area contributed by atoms with Gasteiger partial charge < -0.3 is 9.56 Å². The van der Waals surface area contributed by atoms with Crippen LogP contribution in [0.15, 0.2) is 4.66 Å². The van der Waals surface area contributed by atoms with E-state index in [-0.39, 0.29) is 0 Å². The van der Waals surface area contributed by atoms with E-state index in [1.807, 2.05) is 25.3 Å². The van der Waals surface area contributed by atoms with Crippen molar-refractivity contribution in [1.29, 1.82) is 0 Å². The van der Waals surface area contributed by atoms with Crippen molar-refractivity contribution >= 4 is 14.6 Å². The third kappa shape index (κ3) is 3.39. The molecule has 0 amide bonds. The first kappa shape index (κ1) is 11.7. The van der Waals surface area contributed by atoms with Gasteiger partial charge in [-0.1, -0.05) is 20.8 Å².